The molecule has 2 unspecified atom stereocenters. The van der Waals surface area contributed by atoms with Crippen molar-refractivity contribution in [1.29, 1.82) is 0 Å². The lowest BCUT2D eigenvalue weighted by atomic mass is 10.4. The van der Waals surface area contributed by atoms with Gasteiger partial charge in [0.05, 0.1) is 5.37 Å². The molecule has 0 saturated carbocycles. The first-order valence-corrected chi connectivity index (χ1v) is 6.93. The van der Waals surface area contributed by atoms with Crippen LogP contribution in [-0.2, 0) is 0 Å². The van der Waals surface area contributed by atoms with Gasteiger partial charge in [-0.2, -0.15) is 0 Å². The minimum absolute atomic E-state index is 0.434. The van der Waals surface area contributed by atoms with Gasteiger partial charge in [0.25, 0.3) is 0 Å². The maximum absolute atomic E-state index is 5.98. The fourth-order valence-electron chi connectivity index (χ4n) is 1.26. The highest BCUT2D eigenvalue weighted by Gasteiger charge is 2.24. The molecule has 1 fully saturated rings. The summed E-state index contributed by atoms with van der Waals surface area (Å²) in [4.78, 5) is 1.31. The summed E-state index contributed by atoms with van der Waals surface area (Å²) in [7, 11) is 0. The normalized spacial score (nSPS) is 28.2. The maximum Gasteiger partial charge on any atom is 0.107 e. The van der Waals surface area contributed by atoms with Crippen LogP contribution < -0.4 is 5.32 Å². The van der Waals surface area contributed by atoms with E-state index in [4.69, 9.17) is 11.6 Å². The Labute approximate surface area is 99.4 Å². The molecular formula is C8H9BrClNS2. The summed E-state index contributed by atoms with van der Waals surface area (Å²) in [6.45, 7) is 3.32. The molecule has 0 radical (unpaired) electrons. The Morgan fingerprint density at radius 1 is 1.69 bits per heavy atom. The van der Waals surface area contributed by atoms with Crippen molar-refractivity contribution in [3.05, 3.63) is 19.8 Å². The fraction of sp³-hybridized carbons (Fsp3) is 0.500. The summed E-state index contributed by atoms with van der Waals surface area (Å²) in [5.41, 5.74) is 0. The van der Waals surface area contributed by atoms with Gasteiger partial charge >= 0.3 is 0 Å². The number of thioether (sulfide) groups is 1. The molecule has 72 valence electrons. The number of hydrogen-bond acceptors (Lipinski definition) is 3. The molecule has 1 saturated heterocycles. The van der Waals surface area contributed by atoms with Gasteiger partial charge in [0, 0.05) is 21.1 Å². The molecule has 0 amide bonds. The quantitative estimate of drug-likeness (QED) is 0.844. The molecule has 1 N–H and O–H groups in total. The van der Waals surface area contributed by atoms with Crippen LogP contribution in [0.5, 0.6) is 0 Å². The van der Waals surface area contributed by atoms with Crippen LogP contribution in [0, 0.1) is 0 Å². The van der Waals surface area contributed by atoms with Crippen LogP contribution >= 0.6 is 50.6 Å². The molecule has 0 bridgehead atoms. The topological polar surface area (TPSA) is 12.0 Å². The molecule has 0 aromatic carbocycles. The van der Waals surface area contributed by atoms with Crippen LogP contribution in [0.1, 0.15) is 17.2 Å². The number of rotatable bonds is 1. The van der Waals surface area contributed by atoms with Gasteiger partial charge in [-0.3, -0.25) is 5.32 Å². The zero-order valence-corrected chi connectivity index (χ0v) is 11.0. The third-order valence-corrected chi connectivity index (χ3v) is 5.89. The van der Waals surface area contributed by atoms with Crippen LogP contribution in [0.2, 0.25) is 4.34 Å². The van der Waals surface area contributed by atoms with Crippen molar-refractivity contribution in [2.75, 3.05) is 6.54 Å². The van der Waals surface area contributed by atoms with E-state index in [9.17, 15) is 0 Å². The van der Waals surface area contributed by atoms with Gasteiger partial charge in [-0.1, -0.05) is 18.5 Å². The minimum atomic E-state index is 0.434. The third-order valence-electron chi connectivity index (χ3n) is 1.88. The van der Waals surface area contributed by atoms with Gasteiger partial charge < -0.3 is 0 Å². The second kappa shape index (κ2) is 4.11. The second-order valence-corrected chi connectivity index (χ2v) is 7.09. The summed E-state index contributed by atoms with van der Waals surface area (Å²) >= 11 is 13.0. The van der Waals surface area contributed by atoms with Crippen molar-refractivity contribution in [2.45, 2.75) is 17.5 Å². The monoisotopic (exact) mass is 297 g/mol. The van der Waals surface area contributed by atoms with E-state index in [1.54, 1.807) is 11.3 Å². The van der Waals surface area contributed by atoms with Gasteiger partial charge in [-0.15, -0.1) is 23.1 Å². The van der Waals surface area contributed by atoms with Crippen LogP contribution in [0.4, 0.5) is 0 Å². The van der Waals surface area contributed by atoms with E-state index >= 15 is 0 Å². The van der Waals surface area contributed by atoms with E-state index in [1.165, 1.54) is 4.88 Å². The number of nitrogens with one attached hydrogen (secondary N) is 1. The third kappa shape index (κ3) is 2.23. The standard InChI is InChI=1S/C8H9BrClNS2/c1-4-3-11-8(12-4)6-2-5(9)7(10)13-6/h2,4,8,11H,3H2,1H3. The van der Waals surface area contributed by atoms with E-state index in [0.717, 1.165) is 15.4 Å². The number of halogens is 2. The Hall–Kier alpha value is 0.780. The van der Waals surface area contributed by atoms with Crippen LogP contribution in [0.15, 0.2) is 10.5 Å². The number of hydrogen-bond donors (Lipinski definition) is 1. The predicted molar refractivity (Wildman–Crippen MR) is 64.8 cm³/mol. The van der Waals surface area contributed by atoms with E-state index in [2.05, 4.69) is 34.2 Å². The van der Waals surface area contributed by atoms with Crippen LogP contribution in [0.3, 0.4) is 0 Å². The second-order valence-electron chi connectivity index (χ2n) is 3.01. The average molecular weight is 299 g/mol. The van der Waals surface area contributed by atoms with E-state index in [1.807, 2.05) is 11.8 Å². The first-order valence-electron chi connectivity index (χ1n) is 4.00. The highest BCUT2D eigenvalue weighted by atomic mass is 79.9. The van der Waals surface area contributed by atoms with Gasteiger partial charge in [0.1, 0.15) is 4.34 Å². The molecule has 2 rings (SSSR count). The van der Waals surface area contributed by atoms with Crippen molar-refractivity contribution < 1.29 is 0 Å². The maximum atomic E-state index is 5.98. The van der Waals surface area contributed by atoms with Crippen LogP contribution in [-0.4, -0.2) is 11.8 Å². The lowest BCUT2D eigenvalue weighted by molar-refractivity contribution is 0.725. The molecule has 13 heavy (non-hydrogen) atoms. The molecule has 5 heteroatoms. The summed E-state index contributed by atoms with van der Waals surface area (Å²) < 4.78 is 1.85. The highest BCUT2D eigenvalue weighted by Crippen LogP contribution is 2.42. The lowest BCUT2D eigenvalue weighted by Crippen LogP contribution is -2.12. The zero-order chi connectivity index (χ0) is 9.42. The molecule has 2 heterocycles. The smallest absolute Gasteiger partial charge is 0.107 e. The SMILES string of the molecule is CC1CNC(c2cc(Br)c(Cl)s2)S1. The molecule has 1 aromatic heterocycles. The first kappa shape index (κ1) is 10.3. The summed E-state index contributed by atoms with van der Waals surface area (Å²) in [5.74, 6) is 0. The number of thiophene rings is 1. The van der Waals surface area contributed by atoms with Crippen molar-refractivity contribution in [1.82, 2.24) is 5.32 Å². The molecule has 0 aliphatic carbocycles. The zero-order valence-electron chi connectivity index (χ0n) is 7.01. The van der Waals surface area contributed by atoms with Gasteiger partial charge in [-0.05, 0) is 22.0 Å². The molecule has 1 nitrogen and oxygen atoms in total. The average Bonchev–Trinajstić information content (AvgIpc) is 2.61. The van der Waals surface area contributed by atoms with Crippen molar-refractivity contribution in [3.63, 3.8) is 0 Å². The van der Waals surface area contributed by atoms with Gasteiger partial charge in [-0.25, -0.2) is 0 Å². The Bertz CT molecular complexity index is 296. The van der Waals surface area contributed by atoms with Crippen molar-refractivity contribution >= 4 is 50.6 Å². The van der Waals surface area contributed by atoms with Crippen molar-refractivity contribution in [3.8, 4) is 0 Å². The highest BCUT2D eigenvalue weighted by molar-refractivity contribution is 9.10. The van der Waals surface area contributed by atoms with E-state index in [0.29, 0.717) is 10.6 Å². The molecule has 1 aliphatic heterocycles. The van der Waals surface area contributed by atoms with Crippen LogP contribution in [0.25, 0.3) is 0 Å². The lowest BCUT2D eigenvalue weighted by Gasteiger charge is -2.05. The minimum Gasteiger partial charge on any atom is -0.300 e. The summed E-state index contributed by atoms with van der Waals surface area (Å²) in [5, 5.41) is 4.59. The fourth-order valence-corrected chi connectivity index (χ4v) is 4.32. The Morgan fingerprint density at radius 2 is 2.46 bits per heavy atom. The Kier molecular flexibility index (Phi) is 3.25. The largest absolute Gasteiger partial charge is 0.300 e. The Balaban J connectivity index is 2.17. The molecule has 0 spiro atoms. The van der Waals surface area contributed by atoms with Crippen molar-refractivity contribution in [2.24, 2.45) is 0 Å². The summed E-state index contributed by atoms with van der Waals surface area (Å²) in [6.07, 6.45) is 0. The molecule has 2 atom stereocenters. The van der Waals surface area contributed by atoms with E-state index in [-0.39, 0.29) is 0 Å². The molecule has 1 aliphatic rings. The first-order chi connectivity index (χ1) is 6.16. The predicted octanol–water partition coefficient (Wildman–Crippen LogP) is 3.89. The van der Waals surface area contributed by atoms with Gasteiger partial charge in [0.2, 0.25) is 0 Å². The Morgan fingerprint density at radius 3 is 2.92 bits per heavy atom. The van der Waals surface area contributed by atoms with E-state index < -0.39 is 0 Å². The summed E-state index contributed by atoms with van der Waals surface area (Å²) in [6, 6.07) is 2.11. The molecular weight excluding hydrogens is 290 g/mol. The van der Waals surface area contributed by atoms with Gasteiger partial charge in [0.15, 0.2) is 0 Å². The molecule has 1 aromatic rings.